The van der Waals surface area contributed by atoms with Crippen LogP contribution in [0.2, 0.25) is 0 Å². The first-order valence-electron chi connectivity index (χ1n) is 14.3. The van der Waals surface area contributed by atoms with Crippen LogP contribution in [0.3, 0.4) is 0 Å². The zero-order valence-corrected chi connectivity index (χ0v) is 22.5. The molecule has 41 heavy (non-hydrogen) atoms. The molecule has 2 aliphatic rings. The number of ether oxygens (including phenoxy) is 1. The number of fused-ring (bicyclic) bond motifs is 6. The van der Waals surface area contributed by atoms with Crippen molar-refractivity contribution in [3.05, 3.63) is 156 Å². The minimum absolute atomic E-state index is 0.278. The number of hydrogen-bond donors (Lipinski definition) is 0. The maximum atomic E-state index is 6.47. The molecule has 0 fully saturated rings. The summed E-state index contributed by atoms with van der Waals surface area (Å²) < 4.78 is 6.47. The third-order valence-corrected chi connectivity index (χ3v) is 8.99. The molecule has 0 aromatic heterocycles. The summed E-state index contributed by atoms with van der Waals surface area (Å²) in [5.41, 5.74) is 9.07. The van der Waals surface area contributed by atoms with E-state index in [0.717, 1.165) is 17.9 Å². The monoisotopic (exact) mass is 522 g/mol. The topological polar surface area (TPSA) is 9.23 Å². The molecule has 1 heteroatoms. The highest BCUT2D eigenvalue weighted by Gasteiger charge is 2.33. The lowest BCUT2D eigenvalue weighted by atomic mass is 9.74. The van der Waals surface area contributed by atoms with Crippen LogP contribution in [0.15, 0.2) is 133 Å². The van der Waals surface area contributed by atoms with E-state index in [0.29, 0.717) is 0 Å². The lowest BCUT2D eigenvalue weighted by Gasteiger charge is -2.34. The highest BCUT2D eigenvalue weighted by molar-refractivity contribution is 6.02. The van der Waals surface area contributed by atoms with Crippen molar-refractivity contribution < 1.29 is 4.74 Å². The molecule has 1 aliphatic heterocycles. The minimum atomic E-state index is 0.278. The predicted molar refractivity (Wildman–Crippen MR) is 172 cm³/mol. The molecule has 1 nitrogen and oxygen atoms in total. The van der Waals surface area contributed by atoms with Crippen LogP contribution in [0.5, 0.6) is 11.5 Å². The van der Waals surface area contributed by atoms with E-state index in [-0.39, 0.29) is 5.92 Å². The van der Waals surface area contributed by atoms with Gasteiger partial charge in [-0.05, 0) is 96.9 Å². The number of hydrogen-bond acceptors (Lipinski definition) is 1. The molecule has 0 radical (unpaired) electrons. The van der Waals surface area contributed by atoms with Gasteiger partial charge in [-0.1, -0.05) is 109 Å². The summed E-state index contributed by atoms with van der Waals surface area (Å²) in [7, 11) is 0. The van der Waals surface area contributed by atoms with E-state index >= 15 is 0 Å². The van der Waals surface area contributed by atoms with E-state index in [9.17, 15) is 0 Å². The summed E-state index contributed by atoms with van der Waals surface area (Å²) >= 11 is 0. The minimum Gasteiger partial charge on any atom is -0.457 e. The first kappa shape index (κ1) is 22.7. The van der Waals surface area contributed by atoms with Gasteiger partial charge in [0.05, 0.1) is 0 Å². The molecule has 0 amide bonds. The van der Waals surface area contributed by atoms with E-state index in [2.05, 4.69) is 140 Å². The standard InChI is InChI=1S/C40H26O/c1-2-8-26-19-27(14-13-25(26)7-1)28-15-16-30-21-31(18-17-29(30)20-28)33-22-36-34-10-4-3-9-32(34)24-39-40(36)37(23-33)35-11-5-6-12-38(35)41-39/h1-22,24,37H,23H2. The predicted octanol–water partition coefficient (Wildman–Crippen LogP) is 11.0. The molecule has 7 aromatic rings. The van der Waals surface area contributed by atoms with E-state index in [1.54, 1.807) is 0 Å². The Kier molecular flexibility index (Phi) is 4.80. The van der Waals surface area contributed by atoms with Crippen molar-refractivity contribution in [3.63, 3.8) is 0 Å². The summed E-state index contributed by atoms with van der Waals surface area (Å²) in [6.45, 7) is 0. The highest BCUT2D eigenvalue weighted by Crippen LogP contribution is 2.54. The van der Waals surface area contributed by atoms with Crippen molar-refractivity contribution >= 4 is 44.0 Å². The Hall–Kier alpha value is -5.14. The van der Waals surface area contributed by atoms with Crippen LogP contribution in [-0.2, 0) is 0 Å². The number of benzene rings is 7. The van der Waals surface area contributed by atoms with Crippen LogP contribution in [0, 0.1) is 0 Å². The first-order chi connectivity index (χ1) is 20.3. The van der Waals surface area contributed by atoms with Gasteiger partial charge in [-0.2, -0.15) is 0 Å². The van der Waals surface area contributed by atoms with Gasteiger partial charge in [-0.3, -0.25) is 0 Å². The zero-order chi connectivity index (χ0) is 26.9. The Labute approximate surface area is 239 Å². The molecular formula is C40H26O. The van der Waals surface area contributed by atoms with Crippen LogP contribution in [0.4, 0.5) is 0 Å². The van der Waals surface area contributed by atoms with Crippen molar-refractivity contribution in [3.8, 4) is 22.6 Å². The molecule has 192 valence electrons. The van der Waals surface area contributed by atoms with Crippen molar-refractivity contribution in [1.29, 1.82) is 0 Å². The Morgan fingerprint density at radius 2 is 1.10 bits per heavy atom. The molecule has 0 bridgehead atoms. The summed E-state index contributed by atoms with van der Waals surface area (Å²) in [4.78, 5) is 0. The lowest BCUT2D eigenvalue weighted by molar-refractivity contribution is 0.446. The summed E-state index contributed by atoms with van der Waals surface area (Å²) in [5.74, 6) is 2.25. The third-order valence-electron chi connectivity index (χ3n) is 8.99. The van der Waals surface area contributed by atoms with E-state index in [1.165, 1.54) is 71.3 Å². The summed E-state index contributed by atoms with van der Waals surface area (Å²) in [5, 5.41) is 7.59. The van der Waals surface area contributed by atoms with E-state index < -0.39 is 0 Å². The van der Waals surface area contributed by atoms with Crippen LogP contribution < -0.4 is 4.74 Å². The molecule has 0 spiro atoms. The first-order valence-corrected chi connectivity index (χ1v) is 14.3. The second-order valence-electron chi connectivity index (χ2n) is 11.3. The Morgan fingerprint density at radius 3 is 1.93 bits per heavy atom. The van der Waals surface area contributed by atoms with Gasteiger partial charge in [0.15, 0.2) is 0 Å². The SMILES string of the molecule is C1=C(c2ccc3cc(-c4ccc5ccccc5c4)ccc3c2)CC2c3ccccc3Oc3cc4ccccc4c1c32. The van der Waals surface area contributed by atoms with Crippen molar-refractivity contribution in [2.45, 2.75) is 12.3 Å². The third kappa shape index (κ3) is 3.56. The number of rotatable bonds is 2. The molecule has 7 aromatic carbocycles. The van der Waals surface area contributed by atoms with Gasteiger partial charge >= 0.3 is 0 Å². The lowest BCUT2D eigenvalue weighted by Crippen LogP contribution is -2.15. The van der Waals surface area contributed by atoms with Crippen LogP contribution in [-0.4, -0.2) is 0 Å². The molecule has 1 heterocycles. The van der Waals surface area contributed by atoms with Gasteiger partial charge in [-0.25, -0.2) is 0 Å². The van der Waals surface area contributed by atoms with E-state index in [4.69, 9.17) is 4.74 Å². The Morgan fingerprint density at radius 1 is 0.488 bits per heavy atom. The molecule has 1 unspecified atom stereocenters. The fourth-order valence-electron chi connectivity index (χ4n) is 6.96. The fraction of sp³-hybridized carbons (Fsp3) is 0.0500. The van der Waals surface area contributed by atoms with Gasteiger partial charge in [0.2, 0.25) is 0 Å². The summed E-state index contributed by atoms with van der Waals surface area (Å²) in [6.07, 6.45) is 3.37. The van der Waals surface area contributed by atoms with Crippen LogP contribution >= 0.6 is 0 Å². The Balaban J connectivity index is 1.17. The average molecular weight is 523 g/mol. The summed E-state index contributed by atoms with van der Waals surface area (Å²) in [6, 6.07) is 48.6. The fourth-order valence-corrected chi connectivity index (χ4v) is 6.96. The molecule has 0 saturated carbocycles. The van der Waals surface area contributed by atoms with Crippen molar-refractivity contribution in [1.82, 2.24) is 0 Å². The van der Waals surface area contributed by atoms with Crippen molar-refractivity contribution in [2.24, 2.45) is 0 Å². The zero-order valence-electron chi connectivity index (χ0n) is 22.5. The van der Waals surface area contributed by atoms with Gasteiger partial charge in [-0.15, -0.1) is 0 Å². The smallest absolute Gasteiger partial charge is 0.132 e. The second kappa shape index (κ2) is 8.68. The quantitative estimate of drug-likeness (QED) is 0.219. The van der Waals surface area contributed by atoms with Gasteiger partial charge in [0.25, 0.3) is 0 Å². The molecular weight excluding hydrogens is 496 g/mol. The molecule has 1 atom stereocenters. The van der Waals surface area contributed by atoms with Crippen LogP contribution in [0.1, 0.15) is 34.6 Å². The highest BCUT2D eigenvalue weighted by atomic mass is 16.5. The number of allylic oxidation sites excluding steroid dienone is 1. The molecule has 0 saturated heterocycles. The molecule has 9 rings (SSSR count). The van der Waals surface area contributed by atoms with E-state index in [1.807, 2.05) is 0 Å². The van der Waals surface area contributed by atoms with Crippen LogP contribution in [0.25, 0.3) is 55.1 Å². The normalized spacial score (nSPS) is 15.3. The largest absolute Gasteiger partial charge is 0.457 e. The molecule has 0 N–H and O–H groups in total. The van der Waals surface area contributed by atoms with Crippen molar-refractivity contribution in [2.75, 3.05) is 0 Å². The van der Waals surface area contributed by atoms with Gasteiger partial charge in [0, 0.05) is 17.0 Å². The maximum Gasteiger partial charge on any atom is 0.132 e. The second-order valence-corrected chi connectivity index (χ2v) is 11.3. The average Bonchev–Trinajstić information content (AvgIpc) is 3.04. The van der Waals surface area contributed by atoms with Gasteiger partial charge in [0.1, 0.15) is 11.5 Å². The molecule has 1 aliphatic carbocycles. The van der Waals surface area contributed by atoms with Gasteiger partial charge < -0.3 is 4.74 Å². The number of para-hydroxylation sites is 1. The Bertz CT molecular complexity index is 2220. The maximum absolute atomic E-state index is 6.47.